The Balaban J connectivity index is 1.48. The minimum atomic E-state index is -1.89. The molecule has 154 valence electrons. The molecule has 0 aromatic carbocycles. The molecule has 0 atom stereocenters. The number of nitrogens with zero attached hydrogens (tertiary/aromatic N) is 3. The van der Waals surface area contributed by atoms with Gasteiger partial charge in [0.25, 0.3) is 11.8 Å². The third kappa shape index (κ3) is 3.00. The molecule has 8 nitrogen and oxygen atoms in total. The number of nitrogens with two attached hydrogens (primary N) is 1. The van der Waals surface area contributed by atoms with Crippen LogP contribution in [0.25, 0.3) is 0 Å². The Morgan fingerprint density at radius 3 is 2.50 bits per heavy atom. The second-order valence-electron chi connectivity index (χ2n) is 8.59. The monoisotopic (exact) mass is 393 g/mol. The van der Waals surface area contributed by atoms with E-state index in [0.717, 1.165) is 26.1 Å². The highest BCUT2D eigenvalue weighted by atomic mass is 19.1. The molecule has 4 heterocycles. The van der Waals surface area contributed by atoms with E-state index < -0.39 is 23.0 Å². The van der Waals surface area contributed by atoms with Crippen LogP contribution in [0.1, 0.15) is 61.3 Å². The molecule has 0 radical (unpaired) electrons. The van der Waals surface area contributed by atoms with Crippen LogP contribution in [0.5, 0.6) is 0 Å². The summed E-state index contributed by atoms with van der Waals surface area (Å²) in [5, 5.41) is 6.79. The first-order valence-electron chi connectivity index (χ1n) is 9.94. The fourth-order valence-corrected chi connectivity index (χ4v) is 4.79. The quantitative estimate of drug-likeness (QED) is 0.799. The van der Waals surface area contributed by atoms with Crippen molar-refractivity contribution in [1.29, 1.82) is 0 Å². The first-order chi connectivity index (χ1) is 13.2. The van der Waals surface area contributed by atoms with E-state index in [0.29, 0.717) is 30.4 Å². The van der Waals surface area contributed by atoms with Gasteiger partial charge in [0, 0.05) is 50.8 Å². The lowest BCUT2D eigenvalue weighted by molar-refractivity contribution is -0.154. The van der Waals surface area contributed by atoms with Crippen molar-refractivity contribution in [3.05, 3.63) is 17.0 Å². The van der Waals surface area contributed by atoms with Crippen molar-refractivity contribution in [2.75, 3.05) is 26.3 Å². The molecule has 3 aliphatic heterocycles. The number of halogens is 1. The number of piperidine rings is 1. The van der Waals surface area contributed by atoms with Crippen molar-refractivity contribution in [2.24, 2.45) is 5.73 Å². The Morgan fingerprint density at radius 1 is 1.25 bits per heavy atom. The summed E-state index contributed by atoms with van der Waals surface area (Å²) in [6, 6.07) is 0.417. The van der Waals surface area contributed by atoms with Gasteiger partial charge in [-0.2, -0.15) is 5.10 Å². The van der Waals surface area contributed by atoms with Crippen LogP contribution in [0.2, 0.25) is 0 Å². The molecule has 1 aromatic rings. The van der Waals surface area contributed by atoms with Crippen LogP contribution in [0, 0.1) is 0 Å². The summed E-state index contributed by atoms with van der Waals surface area (Å²) >= 11 is 0. The number of primary amides is 1. The Hall–Kier alpha value is -2.00. The van der Waals surface area contributed by atoms with Crippen LogP contribution in [-0.2, 0) is 21.6 Å². The summed E-state index contributed by atoms with van der Waals surface area (Å²) in [7, 11) is 0. The van der Waals surface area contributed by atoms with Gasteiger partial charge >= 0.3 is 0 Å². The van der Waals surface area contributed by atoms with Crippen LogP contribution in [-0.4, -0.2) is 69.8 Å². The van der Waals surface area contributed by atoms with E-state index in [-0.39, 0.29) is 25.1 Å². The van der Waals surface area contributed by atoms with Gasteiger partial charge < -0.3 is 15.4 Å². The predicted molar refractivity (Wildman–Crippen MR) is 99.2 cm³/mol. The van der Waals surface area contributed by atoms with Crippen molar-refractivity contribution in [1.82, 2.24) is 20.0 Å². The number of amides is 2. The topological polar surface area (TPSA) is 105 Å². The standard InChI is InChI=1S/C19H28FN5O3/c1-18(2)15-13(14(16(21)26)22-23-15)11-25(18)17(27)19(20)5-7-24(8-6-19)12-3-9-28-10-4-12/h12H,3-11H2,1-2H3,(H2,21,26)(H,22,23). The molecule has 1 aromatic heterocycles. The van der Waals surface area contributed by atoms with Gasteiger partial charge in [-0.25, -0.2) is 4.39 Å². The average Bonchev–Trinajstić information content (AvgIpc) is 3.21. The lowest BCUT2D eigenvalue weighted by atomic mass is 9.88. The molecule has 3 N–H and O–H groups in total. The molecular formula is C19H28FN5O3. The van der Waals surface area contributed by atoms with Gasteiger partial charge in [-0.15, -0.1) is 0 Å². The number of alkyl halides is 1. The molecule has 0 spiro atoms. The minimum absolute atomic E-state index is 0.126. The molecule has 2 fully saturated rings. The number of rotatable bonds is 3. The second kappa shape index (κ2) is 6.81. The predicted octanol–water partition coefficient (Wildman–Crippen LogP) is 1.07. The molecule has 0 unspecified atom stereocenters. The number of fused-ring (bicyclic) bond motifs is 1. The maximum Gasteiger partial charge on any atom is 0.269 e. The normalized spacial score (nSPS) is 24.9. The molecule has 2 saturated heterocycles. The highest BCUT2D eigenvalue weighted by Gasteiger charge is 2.52. The van der Waals surface area contributed by atoms with E-state index in [1.165, 1.54) is 4.90 Å². The lowest BCUT2D eigenvalue weighted by Crippen LogP contribution is -2.56. The summed E-state index contributed by atoms with van der Waals surface area (Å²) in [5.41, 5.74) is 4.09. The van der Waals surface area contributed by atoms with E-state index in [9.17, 15) is 9.59 Å². The summed E-state index contributed by atoms with van der Waals surface area (Å²) in [6.45, 7) is 6.44. The Labute approximate surface area is 163 Å². The van der Waals surface area contributed by atoms with Gasteiger partial charge in [0.05, 0.1) is 17.8 Å². The summed E-state index contributed by atoms with van der Waals surface area (Å²) in [5.74, 6) is -1.16. The van der Waals surface area contributed by atoms with E-state index >= 15 is 4.39 Å². The van der Waals surface area contributed by atoms with Gasteiger partial charge in [0.2, 0.25) is 0 Å². The Kier molecular flexibility index (Phi) is 4.70. The fourth-order valence-electron chi connectivity index (χ4n) is 4.79. The summed E-state index contributed by atoms with van der Waals surface area (Å²) in [6.07, 6.45) is 2.29. The highest BCUT2D eigenvalue weighted by Crippen LogP contribution is 2.42. The zero-order valence-corrected chi connectivity index (χ0v) is 16.5. The number of ether oxygens (including phenoxy) is 1. The molecule has 9 heteroatoms. The van der Waals surface area contributed by atoms with Crippen LogP contribution in [0.4, 0.5) is 4.39 Å². The first-order valence-corrected chi connectivity index (χ1v) is 9.94. The molecule has 0 bridgehead atoms. The van der Waals surface area contributed by atoms with Crippen LogP contribution >= 0.6 is 0 Å². The molecule has 28 heavy (non-hydrogen) atoms. The van der Waals surface area contributed by atoms with Gasteiger partial charge in [0.15, 0.2) is 11.4 Å². The van der Waals surface area contributed by atoms with E-state index in [1.54, 1.807) is 0 Å². The molecule has 0 saturated carbocycles. The van der Waals surface area contributed by atoms with Crippen molar-refractivity contribution in [3.8, 4) is 0 Å². The molecule has 4 rings (SSSR count). The maximum atomic E-state index is 15.7. The number of aromatic nitrogens is 2. The maximum absolute atomic E-state index is 15.7. The van der Waals surface area contributed by atoms with Crippen molar-refractivity contribution < 1.29 is 18.7 Å². The fraction of sp³-hybridized carbons (Fsp3) is 0.737. The number of aromatic amines is 1. The van der Waals surface area contributed by atoms with Gasteiger partial charge in [-0.1, -0.05) is 0 Å². The highest BCUT2D eigenvalue weighted by molar-refractivity contribution is 5.94. The molecule has 3 aliphatic rings. The smallest absolute Gasteiger partial charge is 0.269 e. The van der Waals surface area contributed by atoms with Gasteiger partial charge in [-0.3, -0.25) is 19.6 Å². The molecule has 0 aliphatic carbocycles. The van der Waals surface area contributed by atoms with Gasteiger partial charge in [-0.05, 0) is 26.7 Å². The third-order valence-corrected chi connectivity index (χ3v) is 6.63. The van der Waals surface area contributed by atoms with Crippen molar-refractivity contribution in [2.45, 2.75) is 63.3 Å². The zero-order valence-electron chi connectivity index (χ0n) is 16.5. The lowest BCUT2D eigenvalue weighted by Gasteiger charge is -2.43. The minimum Gasteiger partial charge on any atom is -0.381 e. The third-order valence-electron chi connectivity index (χ3n) is 6.63. The number of hydrogen-bond acceptors (Lipinski definition) is 5. The number of hydrogen-bond donors (Lipinski definition) is 2. The molecular weight excluding hydrogens is 365 g/mol. The average molecular weight is 393 g/mol. The van der Waals surface area contributed by atoms with Crippen LogP contribution in [0.3, 0.4) is 0 Å². The largest absolute Gasteiger partial charge is 0.381 e. The Bertz CT molecular complexity index is 779. The van der Waals surface area contributed by atoms with Crippen molar-refractivity contribution >= 4 is 11.8 Å². The number of likely N-dealkylation sites (tertiary alicyclic amines) is 1. The molecule has 2 amide bonds. The SMILES string of the molecule is CC1(C)c2[nH]nc(C(N)=O)c2CN1C(=O)C1(F)CCN(C2CCOCC2)CC1. The van der Waals surface area contributed by atoms with Crippen LogP contribution in [0.15, 0.2) is 0 Å². The number of H-pyrrole nitrogens is 1. The Morgan fingerprint density at radius 2 is 1.89 bits per heavy atom. The summed E-state index contributed by atoms with van der Waals surface area (Å²) in [4.78, 5) is 28.7. The van der Waals surface area contributed by atoms with Crippen LogP contribution < -0.4 is 5.73 Å². The van der Waals surface area contributed by atoms with Crippen molar-refractivity contribution in [3.63, 3.8) is 0 Å². The second-order valence-corrected chi connectivity index (χ2v) is 8.59. The van der Waals surface area contributed by atoms with E-state index in [4.69, 9.17) is 10.5 Å². The van der Waals surface area contributed by atoms with E-state index in [2.05, 4.69) is 15.1 Å². The first kappa shape index (κ1) is 19.3. The zero-order chi connectivity index (χ0) is 20.1. The van der Waals surface area contributed by atoms with Gasteiger partial charge in [0.1, 0.15) is 0 Å². The number of carbonyl (C=O) groups is 2. The number of nitrogens with one attached hydrogen (secondary N) is 1. The van der Waals surface area contributed by atoms with E-state index in [1.807, 2.05) is 13.8 Å². The number of carbonyl (C=O) groups excluding carboxylic acids is 2. The summed E-state index contributed by atoms with van der Waals surface area (Å²) < 4.78 is 21.1.